The minimum atomic E-state index is 0.0363. The van der Waals surface area contributed by atoms with E-state index in [1.54, 1.807) is 0 Å². The molecule has 4 nitrogen and oxygen atoms in total. The lowest BCUT2D eigenvalue weighted by Crippen LogP contribution is -2.19. The van der Waals surface area contributed by atoms with Gasteiger partial charge in [0, 0.05) is 24.8 Å². The van der Waals surface area contributed by atoms with E-state index in [0.29, 0.717) is 6.54 Å². The Balaban J connectivity index is 1.93. The van der Waals surface area contributed by atoms with E-state index in [1.165, 1.54) is 0 Å². The molecule has 2 rings (SSSR count). The van der Waals surface area contributed by atoms with Crippen molar-refractivity contribution in [1.29, 1.82) is 5.26 Å². The Hall–Kier alpha value is -2.12. The van der Waals surface area contributed by atoms with Crippen molar-refractivity contribution in [3.63, 3.8) is 0 Å². The van der Waals surface area contributed by atoms with Gasteiger partial charge in [0.15, 0.2) is 0 Å². The first-order chi connectivity index (χ1) is 8.79. The van der Waals surface area contributed by atoms with Gasteiger partial charge in [0.2, 0.25) is 0 Å². The number of para-hydroxylation sites is 1. The second-order valence-corrected chi connectivity index (χ2v) is 4.29. The van der Waals surface area contributed by atoms with Gasteiger partial charge in [0.1, 0.15) is 0 Å². The maximum atomic E-state index is 8.68. The van der Waals surface area contributed by atoms with E-state index in [1.807, 2.05) is 54.3 Å². The van der Waals surface area contributed by atoms with Gasteiger partial charge in [-0.3, -0.25) is 0 Å². The first-order valence-electron chi connectivity index (χ1n) is 5.99. The second kappa shape index (κ2) is 5.99. The van der Waals surface area contributed by atoms with Crippen molar-refractivity contribution in [1.82, 2.24) is 15.1 Å². The zero-order valence-electron chi connectivity index (χ0n) is 10.4. The third-order valence-electron chi connectivity index (χ3n) is 2.66. The Labute approximate surface area is 107 Å². The molecule has 0 aliphatic carbocycles. The maximum absolute atomic E-state index is 8.68. The largest absolute Gasteiger partial charge is 0.311 e. The molecule has 1 atom stereocenters. The number of hydrogen-bond acceptors (Lipinski definition) is 3. The Morgan fingerprint density at radius 1 is 1.39 bits per heavy atom. The molecule has 1 aromatic heterocycles. The van der Waals surface area contributed by atoms with Gasteiger partial charge in [-0.25, -0.2) is 4.68 Å². The lowest BCUT2D eigenvalue weighted by atomic mass is 10.2. The van der Waals surface area contributed by atoms with Crippen LogP contribution >= 0.6 is 0 Å². The second-order valence-electron chi connectivity index (χ2n) is 4.29. The van der Waals surface area contributed by atoms with Gasteiger partial charge in [-0.05, 0) is 19.1 Å². The highest BCUT2D eigenvalue weighted by molar-refractivity contribution is 5.30. The molecule has 1 heterocycles. The summed E-state index contributed by atoms with van der Waals surface area (Å²) in [6, 6.07) is 12.2. The minimum absolute atomic E-state index is 0.0363. The van der Waals surface area contributed by atoms with Crippen molar-refractivity contribution in [3.05, 3.63) is 48.3 Å². The predicted molar refractivity (Wildman–Crippen MR) is 70.0 cm³/mol. The van der Waals surface area contributed by atoms with Crippen molar-refractivity contribution < 1.29 is 0 Å². The van der Waals surface area contributed by atoms with Crippen LogP contribution in [0.25, 0.3) is 5.69 Å². The summed E-state index contributed by atoms with van der Waals surface area (Å²) >= 11 is 0. The number of rotatable bonds is 5. The smallest absolute Gasteiger partial charge is 0.0666 e. The van der Waals surface area contributed by atoms with Crippen molar-refractivity contribution in [2.45, 2.75) is 13.5 Å². The van der Waals surface area contributed by atoms with E-state index in [2.05, 4.69) is 16.5 Å². The Kier molecular flexibility index (Phi) is 4.11. The zero-order chi connectivity index (χ0) is 12.8. The first kappa shape index (κ1) is 12.3. The number of nitrogens with zero attached hydrogens (tertiary/aromatic N) is 3. The molecule has 4 heteroatoms. The van der Waals surface area contributed by atoms with Gasteiger partial charge in [0.25, 0.3) is 0 Å². The average molecular weight is 240 g/mol. The molecular formula is C14H16N4. The molecule has 0 aliphatic rings. The third kappa shape index (κ3) is 3.19. The number of benzene rings is 1. The van der Waals surface area contributed by atoms with Crippen LogP contribution in [0.2, 0.25) is 0 Å². The van der Waals surface area contributed by atoms with Crippen LogP contribution in [0.5, 0.6) is 0 Å². The van der Waals surface area contributed by atoms with Crippen LogP contribution in [0, 0.1) is 17.2 Å². The Morgan fingerprint density at radius 2 is 2.17 bits per heavy atom. The monoisotopic (exact) mass is 240 g/mol. The fraction of sp³-hybridized carbons (Fsp3) is 0.286. The average Bonchev–Trinajstić information content (AvgIpc) is 2.88. The third-order valence-corrected chi connectivity index (χ3v) is 2.66. The van der Waals surface area contributed by atoms with E-state index in [4.69, 9.17) is 5.26 Å². The molecule has 0 bridgehead atoms. The van der Waals surface area contributed by atoms with Gasteiger partial charge in [-0.15, -0.1) is 0 Å². The SMILES string of the molecule is CC(C#N)CNCc1cnn(-c2ccccc2)c1. The van der Waals surface area contributed by atoms with Crippen LogP contribution in [-0.4, -0.2) is 16.3 Å². The van der Waals surface area contributed by atoms with Crippen molar-refractivity contribution >= 4 is 0 Å². The Morgan fingerprint density at radius 3 is 2.89 bits per heavy atom. The molecule has 1 unspecified atom stereocenters. The van der Waals surface area contributed by atoms with Crippen molar-refractivity contribution in [3.8, 4) is 11.8 Å². The minimum Gasteiger partial charge on any atom is -0.311 e. The van der Waals surface area contributed by atoms with Crippen LogP contribution in [0.15, 0.2) is 42.7 Å². The fourth-order valence-corrected chi connectivity index (χ4v) is 1.65. The molecule has 0 saturated heterocycles. The summed E-state index contributed by atoms with van der Waals surface area (Å²) in [5, 5.41) is 16.2. The van der Waals surface area contributed by atoms with Crippen LogP contribution in [-0.2, 0) is 6.54 Å². The first-order valence-corrected chi connectivity index (χ1v) is 5.99. The van der Waals surface area contributed by atoms with Gasteiger partial charge < -0.3 is 5.32 Å². The van der Waals surface area contributed by atoms with Crippen LogP contribution < -0.4 is 5.32 Å². The van der Waals surface area contributed by atoms with Crippen LogP contribution in [0.3, 0.4) is 0 Å². The number of hydrogen-bond donors (Lipinski definition) is 1. The van der Waals surface area contributed by atoms with E-state index in [9.17, 15) is 0 Å². The van der Waals surface area contributed by atoms with Gasteiger partial charge in [0.05, 0.1) is 23.9 Å². The van der Waals surface area contributed by atoms with E-state index < -0.39 is 0 Å². The summed E-state index contributed by atoms with van der Waals surface area (Å²) in [6.45, 7) is 3.34. The van der Waals surface area contributed by atoms with E-state index in [-0.39, 0.29) is 5.92 Å². The Bertz CT molecular complexity index is 524. The molecule has 18 heavy (non-hydrogen) atoms. The van der Waals surface area contributed by atoms with Crippen molar-refractivity contribution in [2.24, 2.45) is 5.92 Å². The van der Waals surface area contributed by atoms with Crippen LogP contribution in [0.1, 0.15) is 12.5 Å². The molecule has 92 valence electrons. The molecule has 0 amide bonds. The molecule has 0 aliphatic heterocycles. The summed E-state index contributed by atoms with van der Waals surface area (Å²) in [4.78, 5) is 0. The number of aromatic nitrogens is 2. The summed E-state index contributed by atoms with van der Waals surface area (Å²) in [5.74, 6) is 0.0363. The highest BCUT2D eigenvalue weighted by Gasteiger charge is 2.02. The van der Waals surface area contributed by atoms with E-state index >= 15 is 0 Å². The quantitative estimate of drug-likeness (QED) is 0.871. The standard InChI is InChI=1S/C14H16N4/c1-12(7-15)8-16-9-13-10-17-18(11-13)14-5-3-2-4-6-14/h2-6,10-12,16H,8-9H2,1H3. The summed E-state index contributed by atoms with van der Waals surface area (Å²) < 4.78 is 1.85. The van der Waals surface area contributed by atoms with Gasteiger partial charge in [-0.1, -0.05) is 18.2 Å². The molecule has 1 aromatic carbocycles. The molecular weight excluding hydrogens is 224 g/mol. The normalized spacial score (nSPS) is 12.0. The molecule has 0 spiro atoms. The highest BCUT2D eigenvalue weighted by atomic mass is 15.3. The topological polar surface area (TPSA) is 53.6 Å². The molecule has 0 fully saturated rings. The molecule has 0 saturated carbocycles. The lowest BCUT2D eigenvalue weighted by molar-refractivity contribution is 0.601. The highest BCUT2D eigenvalue weighted by Crippen LogP contribution is 2.07. The predicted octanol–water partition coefficient (Wildman–Crippen LogP) is 2.12. The molecule has 2 aromatic rings. The maximum Gasteiger partial charge on any atom is 0.0666 e. The zero-order valence-corrected chi connectivity index (χ0v) is 10.4. The van der Waals surface area contributed by atoms with Crippen LogP contribution in [0.4, 0.5) is 0 Å². The summed E-state index contributed by atoms with van der Waals surface area (Å²) in [6.07, 6.45) is 3.84. The summed E-state index contributed by atoms with van der Waals surface area (Å²) in [5.41, 5.74) is 2.16. The van der Waals surface area contributed by atoms with E-state index in [0.717, 1.165) is 17.8 Å². The fourth-order valence-electron chi connectivity index (χ4n) is 1.65. The number of nitriles is 1. The lowest BCUT2D eigenvalue weighted by Gasteiger charge is -2.03. The number of nitrogens with one attached hydrogen (secondary N) is 1. The summed E-state index contributed by atoms with van der Waals surface area (Å²) in [7, 11) is 0. The van der Waals surface area contributed by atoms with Gasteiger partial charge in [-0.2, -0.15) is 10.4 Å². The molecule has 1 N–H and O–H groups in total. The van der Waals surface area contributed by atoms with Crippen molar-refractivity contribution in [2.75, 3.05) is 6.54 Å². The van der Waals surface area contributed by atoms with Gasteiger partial charge >= 0.3 is 0 Å². The molecule has 0 radical (unpaired) electrons.